The van der Waals surface area contributed by atoms with Crippen LogP contribution in [0.25, 0.3) is 0 Å². The van der Waals surface area contributed by atoms with Crippen molar-refractivity contribution in [1.82, 2.24) is 15.5 Å². The van der Waals surface area contributed by atoms with E-state index in [-0.39, 0.29) is 29.7 Å². The van der Waals surface area contributed by atoms with Gasteiger partial charge in [-0.05, 0) is 85.0 Å². The first kappa shape index (κ1) is 30.8. The quantitative estimate of drug-likeness (QED) is 0.288. The molecule has 0 radical (unpaired) electrons. The van der Waals surface area contributed by atoms with Gasteiger partial charge >= 0.3 is 0 Å². The maximum absolute atomic E-state index is 13.4. The van der Waals surface area contributed by atoms with E-state index in [1.807, 2.05) is 23.3 Å². The monoisotopic (exact) mass is 554 g/mol. The van der Waals surface area contributed by atoms with Crippen LogP contribution in [0.2, 0.25) is 0 Å². The Hall–Kier alpha value is -2.71. The van der Waals surface area contributed by atoms with Crippen molar-refractivity contribution in [2.45, 2.75) is 84.2 Å². The number of rotatable bonds is 15. The summed E-state index contributed by atoms with van der Waals surface area (Å²) in [7, 11) is 0. The van der Waals surface area contributed by atoms with Gasteiger partial charge in [0.25, 0.3) is 11.8 Å². The molecule has 0 saturated heterocycles. The van der Waals surface area contributed by atoms with E-state index in [2.05, 4.69) is 29.9 Å². The minimum absolute atomic E-state index is 0.0212. The fourth-order valence-electron chi connectivity index (χ4n) is 5.37. The van der Waals surface area contributed by atoms with Gasteiger partial charge in [-0.3, -0.25) is 14.4 Å². The second-order valence-electron chi connectivity index (χ2n) is 11.0. The molecule has 1 aliphatic rings. The van der Waals surface area contributed by atoms with E-state index in [1.165, 1.54) is 25.7 Å². The van der Waals surface area contributed by atoms with Gasteiger partial charge in [-0.25, -0.2) is 0 Å². The number of hydrogen-bond donors (Lipinski definition) is 3. The molecule has 2 aromatic rings. The molecule has 1 aromatic carbocycles. The Morgan fingerprint density at radius 2 is 1.77 bits per heavy atom. The van der Waals surface area contributed by atoms with Gasteiger partial charge in [0.05, 0.1) is 0 Å². The smallest absolute Gasteiger partial charge is 0.253 e. The summed E-state index contributed by atoms with van der Waals surface area (Å²) in [6.45, 7) is 8.12. The lowest BCUT2D eigenvalue weighted by Crippen LogP contribution is -2.50. The normalized spacial score (nSPS) is 15.9. The summed E-state index contributed by atoms with van der Waals surface area (Å²) in [4.78, 5) is 41.1. The molecule has 3 atom stereocenters. The van der Waals surface area contributed by atoms with Gasteiger partial charge in [-0.1, -0.05) is 39.7 Å². The summed E-state index contributed by atoms with van der Waals surface area (Å²) < 4.78 is 0. The Morgan fingerprint density at radius 3 is 2.41 bits per heavy atom. The van der Waals surface area contributed by atoms with Gasteiger partial charge < -0.3 is 21.3 Å². The van der Waals surface area contributed by atoms with E-state index >= 15 is 0 Å². The number of thiophene rings is 1. The van der Waals surface area contributed by atoms with Gasteiger partial charge in [0.1, 0.15) is 0 Å². The lowest BCUT2D eigenvalue weighted by Gasteiger charge is -2.27. The Labute approximate surface area is 237 Å². The summed E-state index contributed by atoms with van der Waals surface area (Å²) in [5.41, 5.74) is 8.68. The van der Waals surface area contributed by atoms with Crippen LogP contribution in [0.1, 0.15) is 92.0 Å². The van der Waals surface area contributed by atoms with E-state index in [0.717, 1.165) is 24.9 Å². The molecule has 1 fully saturated rings. The molecule has 1 saturated carbocycles. The first-order chi connectivity index (χ1) is 18.8. The van der Waals surface area contributed by atoms with Crippen molar-refractivity contribution in [3.63, 3.8) is 0 Å². The SMILES string of the molecule is CCCN(CCC)C(=O)c1cccc(C(=O)N[C@@H](Cc2ccsc2)[C@@H](N)C[C@@H](C)C(=O)NCC2CCCC2)c1. The summed E-state index contributed by atoms with van der Waals surface area (Å²) in [6.07, 6.45) is 7.67. The third kappa shape index (κ3) is 9.46. The number of nitrogens with zero attached hydrogens (tertiary/aromatic N) is 1. The number of benzene rings is 1. The first-order valence-corrected chi connectivity index (χ1v) is 15.5. The molecule has 0 unspecified atom stereocenters. The average Bonchev–Trinajstić information content (AvgIpc) is 3.65. The molecule has 0 bridgehead atoms. The van der Waals surface area contributed by atoms with Crippen LogP contribution < -0.4 is 16.4 Å². The van der Waals surface area contributed by atoms with Crippen LogP contribution in [-0.2, 0) is 11.2 Å². The number of amides is 3. The molecule has 3 amide bonds. The molecule has 1 aliphatic carbocycles. The van der Waals surface area contributed by atoms with E-state index in [9.17, 15) is 14.4 Å². The first-order valence-electron chi connectivity index (χ1n) is 14.6. The Balaban J connectivity index is 1.67. The third-order valence-electron chi connectivity index (χ3n) is 7.63. The maximum atomic E-state index is 13.4. The predicted molar refractivity (Wildman–Crippen MR) is 159 cm³/mol. The molecule has 1 heterocycles. The minimum atomic E-state index is -0.407. The number of hydrogen-bond acceptors (Lipinski definition) is 5. The fourth-order valence-corrected chi connectivity index (χ4v) is 6.05. The van der Waals surface area contributed by atoms with Crippen molar-refractivity contribution in [2.24, 2.45) is 17.6 Å². The van der Waals surface area contributed by atoms with Crippen LogP contribution in [0.15, 0.2) is 41.1 Å². The standard InChI is InChI=1S/C31H46N4O3S/c1-4-14-35(15-5-2)31(38)26-12-8-11-25(19-26)30(37)34-28(18-24-13-16-39-21-24)27(32)17-22(3)29(36)33-20-23-9-6-7-10-23/h8,11-13,16,19,21-23,27-28H,4-7,9-10,14-15,17-18,20,32H2,1-3H3,(H,33,36)(H,34,37)/t22-,27+,28+/m1/s1. The molecule has 4 N–H and O–H groups in total. The molecule has 1 aromatic heterocycles. The van der Waals surface area contributed by atoms with E-state index < -0.39 is 6.04 Å². The van der Waals surface area contributed by atoms with E-state index in [1.54, 1.807) is 35.6 Å². The highest BCUT2D eigenvalue weighted by molar-refractivity contribution is 7.07. The zero-order chi connectivity index (χ0) is 28.2. The minimum Gasteiger partial charge on any atom is -0.356 e. The van der Waals surface area contributed by atoms with Crippen LogP contribution >= 0.6 is 11.3 Å². The van der Waals surface area contributed by atoms with Gasteiger partial charge in [0.2, 0.25) is 5.91 Å². The number of nitrogens with two attached hydrogens (primary N) is 1. The van der Waals surface area contributed by atoms with Gasteiger partial charge in [0.15, 0.2) is 0 Å². The van der Waals surface area contributed by atoms with Gasteiger partial charge in [-0.15, -0.1) is 0 Å². The second kappa shape index (κ2) is 15.8. The van der Waals surface area contributed by atoms with Crippen LogP contribution in [0.5, 0.6) is 0 Å². The van der Waals surface area contributed by atoms with Crippen LogP contribution in [0.4, 0.5) is 0 Å². The Morgan fingerprint density at radius 1 is 1.08 bits per heavy atom. The van der Waals surface area contributed by atoms with E-state index in [0.29, 0.717) is 43.0 Å². The lowest BCUT2D eigenvalue weighted by molar-refractivity contribution is -0.125. The zero-order valence-electron chi connectivity index (χ0n) is 23.8. The van der Waals surface area contributed by atoms with Gasteiger partial charge in [-0.2, -0.15) is 11.3 Å². The molecule has 214 valence electrons. The van der Waals surface area contributed by atoms with Crippen LogP contribution in [-0.4, -0.2) is 54.3 Å². The molecule has 7 nitrogen and oxygen atoms in total. The summed E-state index contributed by atoms with van der Waals surface area (Å²) in [5.74, 6) is 0.0212. The largest absolute Gasteiger partial charge is 0.356 e. The Kier molecular flexibility index (Phi) is 12.5. The third-order valence-corrected chi connectivity index (χ3v) is 8.36. The molecule has 39 heavy (non-hydrogen) atoms. The zero-order valence-corrected chi connectivity index (χ0v) is 24.6. The molecule has 0 spiro atoms. The number of carbonyl (C=O) groups is 3. The van der Waals surface area contributed by atoms with Crippen molar-refractivity contribution in [3.8, 4) is 0 Å². The molecule has 0 aliphatic heterocycles. The Bertz CT molecular complexity index is 1050. The van der Waals surface area contributed by atoms with Crippen molar-refractivity contribution in [1.29, 1.82) is 0 Å². The van der Waals surface area contributed by atoms with Crippen LogP contribution in [0, 0.1) is 11.8 Å². The van der Waals surface area contributed by atoms with Crippen molar-refractivity contribution >= 4 is 29.1 Å². The molecular formula is C31H46N4O3S. The molecule has 3 rings (SSSR count). The highest BCUT2D eigenvalue weighted by Gasteiger charge is 2.27. The number of nitrogens with one attached hydrogen (secondary N) is 2. The summed E-state index contributed by atoms with van der Waals surface area (Å²) >= 11 is 1.60. The van der Waals surface area contributed by atoms with Crippen LogP contribution in [0.3, 0.4) is 0 Å². The fraction of sp³-hybridized carbons (Fsp3) is 0.581. The van der Waals surface area contributed by atoms with Crippen molar-refractivity contribution in [2.75, 3.05) is 19.6 Å². The maximum Gasteiger partial charge on any atom is 0.253 e. The molecular weight excluding hydrogens is 508 g/mol. The average molecular weight is 555 g/mol. The lowest BCUT2D eigenvalue weighted by atomic mass is 9.92. The van der Waals surface area contributed by atoms with E-state index in [4.69, 9.17) is 5.73 Å². The highest BCUT2D eigenvalue weighted by Crippen LogP contribution is 2.24. The summed E-state index contributed by atoms with van der Waals surface area (Å²) in [6, 6.07) is 8.18. The van der Waals surface area contributed by atoms with Crippen molar-refractivity contribution < 1.29 is 14.4 Å². The van der Waals surface area contributed by atoms with Gasteiger partial charge in [0, 0.05) is 48.8 Å². The highest BCUT2D eigenvalue weighted by atomic mass is 32.1. The topological polar surface area (TPSA) is 105 Å². The predicted octanol–water partition coefficient (Wildman–Crippen LogP) is 5.01. The summed E-state index contributed by atoms with van der Waals surface area (Å²) in [5, 5.41) is 10.3. The number of carbonyl (C=O) groups excluding carboxylic acids is 3. The molecule has 8 heteroatoms. The second-order valence-corrected chi connectivity index (χ2v) is 11.8. The van der Waals surface area contributed by atoms with Crippen molar-refractivity contribution in [3.05, 3.63) is 57.8 Å².